The second-order valence-corrected chi connectivity index (χ2v) is 5.58. The van der Waals surface area contributed by atoms with Gasteiger partial charge in [-0.15, -0.1) is 0 Å². The van der Waals surface area contributed by atoms with Gasteiger partial charge in [0.1, 0.15) is 0 Å². The van der Waals surface area contributed by atoms with E-state index in [0.717, 1.165) is 26.1 Å². The molecule has 1 N–H and O–H groups in total. The van der Waals surface area contributed by atoms with Crippen LogP contribution in [0.25, 0.3) is 0 Å². The summed E-state index contributed by atoms with van der Waals surface area (Å²) in [6.07, 6.45) is 1.38. The van der Waals surface area contributed by atoms with E-state index in [1.807, 2.05) is 18.7 Å². The molecule has 104 valence electrons. The minimum atomic E-state index is -0.434. The fourth-order valence-electron chi connectivity index (χ4n) is 2.75. The topological polar surface area (TPSA) is 53.0 Å². The predicted octanol–water partition coefficient (Wildman–Crippen LogP) is 0.0789. The highest BCUT2D eigenvalue weighted by Gasteiger charge is 2.35. The van der Waals surface area contributed by atoms with Gasteiger partial charge in [-0.1, -0.05) is 0 Å². The van der Waals surface area contributed by atoms with Crippen LogP contribution in [-0.2, 0) is 9.53 Å². The van der Waals surface area contributed by atoms with Gasteiger partial charge in [0.2, 0.25) is 5.91 Å². The standard InChI is InChI=1S/C13H24N2O3/c1-10(2)18-9-12(16)8-14-5-6-15-11(7-14)3-4-13(15)17/h10-12,16H,3-9H2,1-2H3. The van der Waals surface area contributed by atoms with Gasteiger partial charge in [0, 0.05) is 38.6 Å². The molecule has 0 radical (unpaired) electrons. The van der Waals surface area contributed by atoms with Crippen LogP contribution in [0.3, 0.4) is 0 Å². The second-order valence-electron chi connectivity index (χ2n) is 5.58. The molecule has 0 aromatic rings. The van der Waals surface area contributed by atoms with Gasteiger partial charge in [-0.05, 0) is 20.3 Å². The predicted molar refractivity (Wildman–Crippen MR) is 68.3 cm³/mol. The minimum Gasteiger partial charge on any atom is -0.389 e. The first-order chi connectivity index (χ1) is 8.56. The van der Waals surface area contributed by atoms with Crippen LogP contribution >= 0.6 is 0 Å². The van der Waals surface area contributed by atoms with Gasteiger partial charge in [-0.3, -0.25) is 9.69 Å². The Hall–Kier alpha value is -0.650. The first-order valence-corrected chi connectivity index (χ1v) is 6.87. The molecule has 5 heteroatoms. The molecule has 0 bridgehead atoms. The van der Waals surface area contributed by atoms with E-state index >= 15 is 0 Å². The number of aliphatic hydroxyl groups excluding tert-OH is 1. The number of aliphatic hydroxyl groups is 1. The lowest BCUT2D eigenvalue weighted by Gasteiger charge is -2.38. The molecule has 2 atom stereocenters. The Balaban J connectivity index is 1.73. The van der Waals surface area contributed by atoms with E-state index in [1.165, 1.54) is 0 Å². The van der Waals surface area contributed by atoms with Crippen LogP contribution in [-0.4, -0.2) is 71.8 Å². The van der Waals surface area contributed by atoms with Crippen molar-refractivity contribution in [3.8, 4) is 0 Å². The molecule has 2 aliphatic rings. The largest absolute Gasteiger partial charge is 0.389 e. The van der Waals surface area contributed by atoms with Crippen LogP contribution in [0, 0.1) is 0 Å². The van der Waals surface area contributed by atoms with Crippen molar-refractivity contribution in [2.24, 2.45) is 0 Å². The van der Waals surface area contributed by atoms with Crippen LogP contribution in [0.1, 0.15) is 26.7 Å². The lowest BCUT2D eigenvalue weighted by molar-refractivity contribution is -0.130. The molecular weight excluding hydrogens is 232 g/mol. The van der Waals surface area contributed by atoms with Gasteiger partial charge >= 0.3 is 0 Å². The maximum absolute atomic E-state index is 11.6. The molecule has 2 saturated heterocycles. The molecule has 0 aliphatic carbocycles. The fourth-order valence-corrected chi connectivity index (χ4v) is 2.75. The Bertz CT molecular complexity index is 296. The fraction of sp³-hybridized carbons (Fsp3) is 0.923. The molecule has 2 unspecified atom stereocenters. The number of β-amino-alcohol motifs (C(OH)–C–C–N with tert-alkyl or cyclic N) is 1. The summed E-state index contributed by atoms with van der Waals surface area (Å²) in [6, 6.07) is 0.365. The lowest BCUT2D eigenvalue weighted by Crippen LogP contribution is -2.53. The molecule has 5 nitrogen and oxygen atoms in total. The smallest absolute Gasteiger partial charge is 0.222 e. The maximum atomic E-state index is 11.6. The van der Waals surface area contributed by atoms with Crippen molar-refractivity contribution < 1.29 is 14.6 Å². The second kappa shape index (κ2) is 5.99. The molecule has 2 aliphatic heterocycles. The number of carbonyl (C=O) groups is 1. The zero-order valence-corrected chi connectivity index (χ0v) is 11.3. The molecule has 0 aromatic carbocycles. The monoisotopic (exact) mass is 256 g/mol. The van der Waals surface area contributed by atoms with Gasteiger partial charge in [-0.25, -0.2) is 0 Å². The van der Waals surface area contributed by atoms with Crippen molar-refractivity contribution in [1.82, 2.24) is 9.80 Å². The Labute approximate surface area is 109 Å². The number of ether oxygens (including phenoxy) is 1. The van der Waals surface area contributed by atoms with Crippen molar-refractivity contribution in [3.63, 3.8) is 0 Å². The van der Waals surface area contributed by atoms with Crippen LogP contribution in [0.5, 0.6) is 0 Å². The summed E-state index contributed by atoms with van der Waals surface area (Å²) in [7, 11) is 0. The van der Waals surface area contributed by atoms with Crippen LogP contribution in [0.4, 0.5) is 0 Å². The minimum absolute atomic E-state index is 0.156. The number of fused-ring (bicyclic) bond motifs is 1. The number of nitrogens with zero attached hydrogens (tertiary/aromatic N) is 2. The molecule has 1 amide bonds. The summed E-state index contributed by atoms with van der Waals surface area (Å²) in [6.45, 7) is 7.53. The Morgan fingerprint density at radius 1 is 1.44 bits per heavy atom. The summed E-state index contributed by atoms with van der Waals surface area (Å²) in [5.41, 5.74) is 0. The molecule has 0 spiro atoms. The van der Waals surface area contributed by atoms with Gasteiger partial charge in [-0.2, -0.15) is 0 Å². The molecule has 2 heterocycles. The van der Waals surface area contributed by atoms with Crippen LogP contribution in [0.15, 0.2) is 0 Å². The summed E-state index contributed by atoms with van der Waals surface area (Å²) < 4.78 is 5.41. The van der Waals surface area contributed by atoms with Crippen LogP contribution in [0.2, 0.25) is 0 Å². The first kappa shape index (κ1) is 13.8. The Morgan fingerprint density at radius 2 is 2.22 bits per heavy atom. The highest BCUT2D eigenvalue weighted by atomic mass is 16.5. The molecule has 0 aromatic heterocycles. The third kappa shape index (κ3) is 3.43. The average Bonchev–Trinajstić information content (AvgIpc) is 2.68. The highest BCUT2D eigenvalue weighted by Crippen LogP contribution is 2.22. The van der Waals surface area contributed by atoms with E-state index < -0.39 is 6.10 Å². The van der Waals surface area contributed by atoms with Crippen molar-refractivity contribution in [2.45, 2.75) is 44.9 Å². The molecule has 0 saturated carbocycles. The van der Waals surface area contributed by atoms with Gasteiger partial charge in [0.15, 0.2) is 0 Å². The summed E-state index contributed by atoms with van der Waals surface area (Å²) in [5.74, 6) is 0.295. The third-order valence-corrected chi connectivity index (χ3v) is 3.67. The van der Waals surface area contributed by atoms with Crippen molar-refractivity contribution in [2.75, 3.05) is 32.8 Å². The zero-order chi connectivity index (χ0) is 13.1. The summed E-state index contributed by atoms with van der Waals surface area (Å²) in [5, 5.41) is 9.90. The molecule has 2 fully saturated rings. The summed E-state index contributed by atoms with van der Waals surface area (Å²) >= 11 is 0. The molecular formula is C13H24N2O3. The third-order valence-electron chi connectivity index (χ3n) is 3.67. The number of rotatable bonds is 5. The molecule has 2 rings (SSSR count). The van der Waals surface area contributed by atoms with E-state index in [0.29, 0.717) is 31.5 Å². The average molecular weight is 256 g/mol. The van der Waals surface area contributed by atoms with Crippen molar-refractivity contribution in [3.05, 3.63) is 0 Å². The highest BCUT2D eigenvalue weighted by molar-refractivity contribution is 5.78. The van der Waals surface area contributed by atoms with Gasteiger partial charge in [0.05, 0.1) is 18.8 Å². The first-order valence-electron chi connectivity index (χ1n) is 6.87. The number of hydrogen-bond acceptors (Lipinski definition) is 4. The summed E-state index contributed by atoms with van der Waals surface area (Å²) in [4.78, 5) is 15.8. The lowest BCUT2D eigenvalue weighted by atomic mass is 10.1. The number of amides is 1. The Kier molecular flexibility index (Phi) is 4.59. The normalized spacial score (nSPS) is 26.8. The zero-order valence-electron chi connectivity index (χ0n) is 11.3. The van der Waals surface area contributed by atoms with E-state index in [1.54, 1.807) is 0 Å². The van der Waals surface area contributed by atoms with E-state index in [2.05, 4.69) is 4.90 Å². The SMILES string of the molecule is CC(C)OCC(O)CN1CCN2C(=O)CCC2C1. The van der Waals surface area contributed by atoms with Crippen molar-refractivity contribution >= 4 is 5.91 Å². The van der Waals surface area contributed by atoms with Crippen molar-refractivity contribution in [1.29, 1.82) is 0 Å². The Morgan fingerprint density at radius 3 is 2.94 bits per heavy atom. The quantitative estimate of drug-likeness (QED) is 0.757. The molecule has 18 heavy (non-hydrogen) atoms. The number of piperazine rings is 1. The maximum Gasteiger partial charge on any atom is 0.222 e. The van der Waals surface area contributed by atoms with Gasteiger partial charge in [0.25, 0.3) is 0 Å². The van der Waals surface area contributed by atoms with Gasteiger partial charge < -0.3 is 14.7 Å². The van der Waals surface area contributed by atoms with E-state index in [-0.39, 0.29) is 6.10 Å². The van der Waals surface area contributed by atoms with Crippen LogP contribution < -0.4 is 0 Å². The number of carbonyl (C=O) groups excluding carboxylic acids is 1. The van der Waals surface area contributed by atoms with E-state index in [9.17, 15) is 9.90 Å². The van der Waals surface area contributed by atoms with E-state index in [4.69, 9.17) is 4.74 Å². The number of hydrogen-bond donors (Lipinski definition) is 1.